The highest BCUT2D eigenvalue weighted by Crippen LogP contribution is 2.19. The normalized spacial score (nSPS) is 19.4. The molecule has 2 aliphatic rings. The highest BCUT2D eigenvalue weighted by molar-refractivity contribution is 7.85. The molecule has 22 heavy (non-hydrogen) atoms. The molecule has 0 amide bonds. The van der Waals surface area contributed by atoms with Crippen molar-refractivity contribution in [1.29, 1.82) is 0 Å². The van der Waals surface area contributed by atoms with E-state index in [1.54, 1.807) is 42.8 Å². The molecular weight excluding hydrogens is 302 g/mol. The molecule has 0 unspecified atom stereocenters. The van der Waals surface area contributed by atoms with E-state index in [-0.39, 0.29) is 5.78 Å². The van der Waals surface area contributed by atoms with E-state index >= 15 is 0 Å². The summed E-state index contributed by atoms with van der Waals surface area (Å²) in [5.41, 5.74) is 1.27. The summed E-state index contributed by atoms with van der Waals surface area (Å²) in [5, 5.41) is 0. The summed E-state index contributed by atoms with van der Waals surface area (Å²) in [6.45, 7) is 2.76. The Labute approximate surface area is 130 Å². The Morgan fingerprint density at radius 3 is 2.36 bits per heavy atom. The third-order valence-electron chi connectivity index (χ3n) is 3.21. The summed E-state index contributed by atoms with van der Waals surface area (Å²) >= 11 is 0. The zero-order valence-corrected chi connectivity index (χ0v) is 12.9. The number of rotatable bonds is 4. The van der Waals surface area contributed by atoms with Gasteiger partial charge in [0.2, 0.25) is 0 Å². The number of hydrogen-bond acceptors (Lipinski definition) is 5. The summed E-state index contributed by atoms with van der Waals surface area (Å²) in [7, 11) is -4.45. The van der Waals surface area contributed by atoms with E-state index < -0.39 is 15.9 Å². The molecule has 0 bridgehead atoms. The Morgan fingerprint density at radius 2 is 1.82 bits per heavy atom. The molecule has 6 heteroatoms. The molecule has 1 aliphatic carbocycles. The van der Waals surface area contributed by atoms with Crippen LogP contribution >= 0.6 is 0 Å². The van der Waals surface area contributed by atoms with Gasteiger partial charge in [-0.25, -0.2) is 8.42 Å². The Kier molecular flexibility index (Phi) is 4.95. The van der Waals surface area contributed by atoms with Gasteiger partial charge in [0.15, 0.2) is 5.78 Å². The minimum atomic E-state index is -4.45. The molecule has 0 atom stereocenters. The van der Waals surface area contributed by atoms with Crippen LogP contribution in [0.5, 0.6) is 0 Å². The highest BCUT2D eigenvalue weighted by Gasteiger charge is 2.12. The van der Waals surface area contributed by atoms with E-state index in [9.17, 15) is 17.8 Å². The van der Waals surface area contributed by atoms with Crippen molar-refractivity contribution in [3.63, 3.8) is 0 Å². The Morgan fingerprint density at radius 1 is 1.18 bits per heavy atom. The molecule has 0 saturated carbocycles. The summed E-state index contributed by atoms with van der Waals surface area (Å²) in [4.78, 5) is 13.7. The van der Waals surface area contributed by atoms with E-state index in [4.69, 9.17) is 0 Å². The monoisotopic (exact) mass is 318 g/mol. The molecule has 116 valence electrons. The maximum absolute atomic E-state index is 11.8. The molecular formula is C16H16NO4S-. The second-order valence-electron chi connectivity index (χ2n) is 4.83. The van der Waals surface area contributed by atoms with Crippen LogP contribution < -0.4 is 0 Å². The Bertz CT molecular complexity index is 733. The second kappa shape index (κ2) is 6.72. The molecule has 0 aromatic heterocycles. The summed E-state index contributed by atoms with van der Waals surface area (Å²) in [6.07, 6.45) is 14.8. The minimum Gasteiger partial charge on any atom is -0.748 e. The first kappa shape index (κ1) is 16.2. The van der Waals surface area contributed by atoms with Gasteiger partial charge in [0, 0.05) is 24.5 Å². The van der Waals surface area contributed by atoms with Crippen LogP contribution in [-0.2, 0) is 14.9 Å². The molecule has 0 saturated heterocycles. The van der Waals surface area contributed by atoms with E-state index in [1.165, 1.54) is 12.2 Å². The van der Waals surface area contributed by atoms with E-state index in [0.717, 1.165) is 6.54 Å². The Hall–Kier alpha value is -2.18. The molecule has 1 aliphatic heterocycles. The third kappa shape index (κ3) is 4.41. The first-order valence-corrected chi connectivity index (χ1v) is 8.36. The molecule has 0 spiro atoms. The fourth-order valence-electron chi connectivity index (χ4n) is 2.07. The quantitative estimate of drug-likeness (QED) is 0.583. The van der Waals surface area contributed by atoms with Gasteiger partial charge in [0.05, 0.1) is 15.9 Å². The van der Waals surface area contributed by atoms with Gasteiger partial charge in [-0.3, -0.25) is 4.79 Å². The molecule has 0 aromatic carbocycles. The van der Waals surface area contributed by atoms with Crippen molar-refractivity contribution < 1.29 is 17.8 Å². The van der Waals surface area contributed by atoms with Crippen LogP contribution in [0.3, 0.4) is 0 Å². The first-order valence-electron chi connectivity index (χ1n) is 6.78. The number of ketones is 1. The molecule has 1 heterocycles. The smallest absolute Gasteiger partial charge is 0.185 e. The number of carbonyl (C=O) groups is 1. The van der Waals surface area contributed by atoms with Gasteiger partial charge < -0.3 is 9.45 Å². The largest absolute Gasteiger partial charge is 0.748 e. The lowest BCUT2D eigenvalue weighted by Gasteiger charge is -2.18. The van der Waals surface area contributed by atoms with Gasteiger partial charge in [-0.1, -0.05) is 18.2 Å². The standard InChI is InChI=1S/C16H17NO4S/c1-2-17-9-7-13(8-10-17)15(12-22(19,20)21)11-14-5-3-4-6-16(14)18/h3-11H,2,12H2,1H3,(H,19,20,21)/p-1. The fraction of sp³-hybridized carbons (Fsp3) is 0.188. The van der Waals surface area contributed by atoms with Crippen molar-refractivity contribution >= 4 is 15.9 Å². The van der Waals surface area contributed by atoms with Crippen molar-refractivity contribution in [1.82, 2.24) is 4.90 Å². The van der Waals surface area contributed by atoms with Crippen molar-refractivity contribution in [3.05, 3.63) is 71.7 Å². The molecule has 0 fully saturated rings. The molecule has 0 N–H and O–H groups in total. The van der Waals surface area contributed by atoms with E-state index in [2.05, 4.69) is 0 Å². The Balaban J connectivity index is 2.43. The fourth-order valence-corrected chi connectivity index (χ4v) is 2.70. The van der Waals surface area contributed by atoms with Gasteiger partial charge >= 0.3 is 0 Å². The van der Waals surface area contributed by atoms with Crippen molar-refractivity contribution in [2.75, 3.05) is 12.3 Å². The SMILES string of the molecule is CCN1C=CC(=C(C=C2C=CC=CC2=O)CS(=O)(=O)[O-])C=C1. The predicted molar refractivity (Wildman–Crippen MR) is 83.6 cm³/mol. The zero-order valence-electron chi connectivity index (χ0n) is 12.1. The third-order valence-corrected chi connectivity index (χ3v) is 3.87. The molecule has 5 nitrogen and oxygen atoms in total. The van der Waals surface area contributed by atoms with Gasteiger partial charge in [-0.2, -0.15) is 0 Å². The highest BCUT2D eigenvalue weighted by atomic mass is 32.2. The maximum Gasteiger partial charge on any atom is 0.185 e. The lowest BCUT2D eigenvalue weighted by Crippen LogP contribution is -2.13. The van der Waals surface area contributed by atoms with Gasteiger partial charge in [-0.05, 0) is 42.4 Å². The zero-order chi connectivity index (χ0) is 16.2. The van der Waals surface area contributed by atoms with Crippen LogP contribution in [0.15, 0.2) is 71.7 Å². The van der Waals surface area contributed by atoms with E-state index in [1.807, 2.05) is 11.8 Å². The van der Waals surface area contributed by atoms with Gasteiger partial charge in [0.1, 0.15) is 0 Å². The summed E-state index contributed by atoms with van der Waals surface area (Å²) < 4.78 is 33.4. The van der Waals surface area contributed by atoms with Gasteiger partial charge in [0.25, 0.3) is 0 Å². The van der Waals surface area contributed by atoms with E-state index in [0.29, 0.717) is 16.7 Å². The van der Waals surface area contributed by atoms with Crippen LogP contribution in [0, 0.1) is 0 Å². The molecule has 0 aromatic rings. The minimum absolute atomic E-state index is 0.220. The van der Waals surface area contributed by atoms with Crippen molar-refractivity contribution in [2.45, 2.75) is 6.92 Å². The van der Waals surface area contributed by atoms with Crippen LogP contribution in [0.25, 0.3) is 0 Å². The lowest BCUT2D eigenvalue weighted by molar-refractivity contribution is -0.111. The van der Waals surface area contributed by atoms with Crippen molar-refractivity contribution in [3.8, 4) is 0 Å². The summed E-state index contributed by atoms with van der Waals surface area (Å²) in [5.74, 6) is -0.875. The average molecular weight is 318 g/mol. The average Bonchev–Trinajstić information content (AvgIpc) is 2.47. The summed E-state index contributed by atoms with van der Waals surface area (Å²) in [6, 6.07) is 0. The van der Waals surface area contributed by atoms with Crippen LogP contribution in [-0.4, -0.2) is 36.0 Å². The maximum atomic E-state index is 11.8. The lowest BCUT2D eigenvalue weighted by atomic mass is 10.0. The van der Waals surface area contributed by atoms with Crippen LogP contribution in [0.1, 0.15) is 6.92 Å². The van der Waals surface area contributed by atoms with Crippen LogP contribution in [0.4, 0.5) is 0 Å². The van der Waals surface area contributed by atoms with Gasteiger partial charge in [-0.15, -0.1) is 0 Å². The predicted octanol–water partition coefficient (Wildman–Crippen LogP) is 1.81. The van der Waals surface area contributed by atoms with Crippen LogP contribution in [0.2, 0.25) is 0 Å². The second-order valence-corrected chi connectivity index (χ2v) is 6.23. The molecule has 2 rings (SSSR count). The number of carbonyl (C=O) groups excluding carboxylic acids is 1. The van der Waals surface area contributed by atoms with Crippen molar-refractivity contribution in [2.24, 2.45) is 0 Å². The number of hydrogen-bond donors (Lipinski definition) is 0. The number of nitrogens with zero attached hydrogens (tertiary/aromatic N) is 1. The first-order chi connectivity index (χ1) is 10.4. The number of allylic oxidation sites excluding steroid dienone is 9. The topological polar surface area (TPSA) is 77.5 Å². The molecule has 0 radical (unpaired) electrons.